The first-order valence-corrected chi connectivity index (χ1v) is 8.96. The van der Waals surface area contributed by atoms with E-state index in [-0.39, 0.29) is 0 Å². The molecule has 2 aromatic rings. The number of ketones is 1. The van der Waals surface area contributed by atoms with Crippen LogP contribution in [0, 0.1) is 0 Å². The summed E-state index contributed by atoms with van der Waals surface area (Å²) < 4.78 is 40.8. The van der Waals surface area contributed by atoms with Crippen molar-refractivity contribution >= 4 is 39.0 Å². The van der Waals surface area contributed by atoms with Crippen molar-refractivity contribution in [2.45, 2.75) is 24.1 Å². The predicted octanol–water partition coefficient (Wildman–Crippen LogP) is 5.87. The summed E-state index contributed by atoms with van der Waals surface area (Å²) in [5.74, 6) is -0.600. The fourth-order valence-corrected chi connectivity index (χ4v) is 4.20. The van der Waals surface area contributed by atoms with Gasteiger partial charge in [-0.2, -0.15) is 13.2 Å². The second-order valence-corrected chi connectivity index (χ2v) is 7.40. The Hall–Kier alpha value is -1.79. The molecule has 0 bridgehead atoms. The average molecular weight is 445 g/mol. The number of benzene rings is 2. The summed E-state index contributed by atoms with van der Waals surface area (Å²) in [6, 6.07) is 13.8. The predicted molar refractivity (Wildman–Crippen MR) is 99.7 cm³/mol. The third kappa shape index (κ3) is 3.53. The molecule has 0 spiro atoms. The van der Waals surface area contributed by atoms with Crippen LogP contribution in [0.4, 0.5) is 18.9 Å². The van der Waals surface area contributed by atoms with Gasteiger partial charge in [0.15, 0.2) is 5.78 Å². The van der Waals surface area contributed by atoms with Crippen LogP contribution in [0.5, 0.6) is 0 Å². The van der Waals surface area contributed by atoms with E-state index < -0.39 is 29.8 Å². The van der Waals surface area contributed by atoms with Gasteiger partial charge in [0.2, 0.25) is 0 Å². The molecule has 0 aliphatic heterocycles. The van der Waals surface area contributed by atoms with Crippen LogP contribution in [-0.4, -0.2) is 18.0 Å². The first-order chi connectivity index (χ1) is 12.2. The summed E-state index contributed by atoms with van der Waals surface area (Å²) in [5, 5.41) is 3.40. The summed E-state index contributed by atoms with van der Waals surface area (Å²) in [6.45, 7) is 0. The van der Waals surface area contributed by atoms with Crippen LogP contribution in [-0.2, 0) is 10.2 Å². The highest BCUT2D eigenvalue weighted by molar-refractivity contribution is 9.11. The molecule has 0 saturated heterocycles. The van der Waals surface area contributed by atoms with Gasteiger partial charge < -0.3 is 5.32 Å². The largest absolute Gasteiger partial charge is 0.390 e. The lowest BCUT2D eigenvalue weighted by atomic mass is 9.71. The molecule has 2 atom stereocenters. The van der Waals surface area contributed by atoms with Crippen LogP contribution in [0.2, 0.25) is 5.02 Å². The number of anilines is 1. The van der Waals surface area contributed by atoms with Crippen LogP contribution in [0.1, 0.15) is 12.0 Å². The van der Waals surface area contributed by atoms with Crippen molar-refractivity contribution in [2.75, 3.05) is 5.32 Å². The number of nitrogens with one attached hydrogen (secondary N) is 1. The number of allylic oxidation sites excluding steroid dienone is 1. The fraction of sp³-hybridized carbons (Fsp3) is 0.211. The Kier molecular flexibility index (Phi) is 5.17. The number of hydrogen-bond donors (Lipinski definition) is 1. The number of para-hydroxylation sites is 1. The SMILES string of the molecule is O=C1C=C(Br)[C@@H](Nc2ccccc2Cl)[C@@]1(CC(F)(F)F)c1ccccc1. The van der Waals surface area contributed by atoms with Gasteiger partial charge in [0.05, 0.1) is 28.6 Å². The Balaban J connectivity index is 2.13. The Morgan fingerprint density at radius 3 is 2.31 bits per heavy atom. The summed E-state index contributed by atoms with van der Waals surface area (Å²) >= 11 is 9.43. The molecule has 26 heavy (non-hydrogen) atoms. The smallest absolute Gasteiger partial charge is 0.375 e. The fourth-order valence-electron chi connectivity index (χ4n) is 3.29. The molecule has 0 amide bonds. The van der Waals surface area contributed by atoms with E-state index in [4.69, 9.17) is 11.6 Å². The number of alkyl halides is 3. The lowest BCUT2D eigenvalue weighted by Gasteiger charge is -2.37. The van der Waals surface area contributed by atoms with Gasteiger partial charge in [0.25, 0.3) is 0 Å². The van der Waals surface area contributed by atoms with Crippen LogP contribution in [0.3, 0.4) is 0 Å². The minimum absolute atomic E-state index is 0.303. The normalized spacial score (nSPS) is 23.0. The van der Waals surface area contributed by atoms with Crippen molar-refractivity contribution < 1.29 is 18.0 Å². The highest BCUT2D eigenvalue weighted by Gasteiger charge is 2.56. The monoisotopic (exact) mass is 443 g/mol. The van der Waals surface area contributed by atoms with Gasteiger partial charge in [-0.25, -0.2) is 0 Å². The van der Waals surface area contributed by atoms with E-state index in [1.807, 2.05) is 0 Å². The number of carbonyl (C=O) groups excluding carboxylic acids is 1. The van der Waals surface area contributed by atoms with Gasteiger partial charge in [-0.05, 0) is 23.8 Å². The number of rotatable bonds is 4. The van der Waals surface area contributed by atoms with Gasteiger partial charge in [-0.3, -0.25) is 4.79 Å². The highest BCUT2D eigenvalue weighted by atomic mass is 79.9. The zero-order chi connectivity index (χ0) is 18.9. The maximum atomic E-state index is 13.5. The molecule has 1 aliphatic carbocycles. The van der Waals surface area contributed by atoms with E-state index in [1.165, 1.54) is 6.08 Å². The molecule has 2 aromatic carbocycles. The lowest BCUT2D eigenvalue weighted by Crippen LogP contribution is -2.49. The molecule has 0 fully saturated rings. The van der Waals surface area contributed by atoms with E-state index >= 15 is 0 Å². The average Bonchev–Trinajstić information content (AvgIpc) is 2.80. The quantitative estimate of drug-likeness (QED) is 0.639. The molecule has 0 aromatic heterocycles. The molecule has 1 N–H and O–H groups in total. The molecule has 2 nitrogen and oxygen atoms in total. The highest BCUT2D eigenvalue weighted by Crippen LogP contribution is 2.48. The van der Waals surface area contributed by atoms with E-state index in [0.717, 1.165) is 0 Å². The van der Waals surface area contributed by atoms with Crippen LogP contribution in [0.25, 0.3) is 0 Å². The van der Waals surface area contributed by atoms with Gasteiger partial charge in [-0.15, -0.1) is 0 Å². The summed E-state index contributed by atoms with van der Waals surface area (Å²) in [5.41, 5.74) is -1.04. The second kappa shape index (κ2) is 7.08. The van der Waals surface area contributed by atoms with Crippen molar-refractivity contribution in [3.8, 4) is 0 Å². The maximum absolute atomic E-state index is 13.5. The molecule has 3 rings (SSSR count). The molecule has 136 valence electrons. The summed E-state index contributed by atoms with van der Waals surface area (Å²) in [4.78, 5) is 12.8. The molecular weight excluding hydrogens is 431 g/mol. The molecule has 1 aliphatic rings. The molecule has 0 heterocycles. The molecule has 0 saturated carbocycles. The van der Waals surface area contributed by atoms with Gasteiger partial charge in [0.1, 0.15) is 0 Å². The van der Waals surface area contributed by atoms with Gasteiger partial charge >= 0.3 is 6.18 Å². The Bertz CT molecular complexity index is 853. The third-order valence-corrected chi connectivity index (χ3v) is 5.44. The molecular formula is C19H14BrClF3NO. The van der Waals surface area contributed by atoms with Crippen molar-refractivity contribution in [1.82, 2.24) is 0 Å². The van der Waals surface area contributed by atoms with Crippen LogP contribution in [0.15, 0.2) is 65.2 Å². The molecule has 7 heteroatoms. The second-order valence-electron chi connectivity index (χ2n) is 6.08. The van der Waals surface area contributed by atoms with E-state index in [1.54, 1.807) is 54.6 Å². The molecule has 0 radical (unpaired) electrons. The van der Waals surface area contributed by atoms with Crippen LogP contribution >= 0.6 is 27.5 Å². The Morgan fingerprint density at radius 1 is 1.08 bits per heavy atom. The first kappa shape index (κ1) is 19.0. The Morgan fingerprint density at radius 2 is 1.69 bits per heavy atom. The van der Waals surface area contributed by atoms with E-state index in [9.17, 15) is 18.0 Å². The minimum atomic E-state index is -4.53. The first-order valence-electron chi connectivity index (χ1n) is 7.79. The van der Waals surface area contributed by atoms with Crippen molar-refractivity contribution in [2.24, 2.45) is 0 Å². The van der Waals surface area contributed by atoms with Crippen molar-refractivity contribution in [3.63, 3.8) is 0 Å². The summed E-state index contributed by atoms with van der Waals surface area (Å²) in [6.07, 6.45) is -4.60. The van der Waals surface area contributed by atoms with Crippen LogP contribution < -0.4 is 5.32 Å². The van der Waals surface area contributed by atoms with Gasteiger partial charge in [0, 0.05) is 4.48 Å². The molecule has 0 unspecified atom stereocenters. The standard InChI is InChI=1S/C19H14BrClF3NO/c20-13-10-16(26)18(11-19(22,23)24,12-6-2-1-3-7-12)17(13)25-15-9-5-4-8-14(15)21/h1-10,17,25H,11H2/t17-,18+/m1/s1. The minimum Gasteiger partial charge on any atom is -0.375 e. The van der Waals surface area contributed by atoms with E-state index in [2.05, 4.69) is 21.2 Å². The number of hydrogen-bond acceptors (Lipinski definition) is 2. The number of halogens is 5. The van der Waals surface area contributed by atoms with E-state index in [0.29, 0.717) is 20.8 Å². The maximum Gasteiger partial charge on any atom is 0.390 e. The van der Waals surface area contributed by atoms with Crippen molar-refractivity contribution in [1.29, 1.82) is 0 Å². The Labute approximate surface area is 162 Å². The number of carbonyl (C=O) groups is 1. The lowest BCUT2D eigenvalue weighted by molar-refractivity contribution is -0.155. The zero-order valence-electron chi connectivity index (χ0n) is 13.4. The topological polar surface area (TPSA) is 29.1 Å². The summed E-state index contributed by atoms with van der Waals surface area (Å²) in [7, 11) is 0. The van der Waals surface area contributed by atoms with Crippen molar-refractivity contribution in [3.05, 3.63) is 75.7 Å². The zero-order valence-corrected chi connectivity index (χ0v) is 15.7. The third-order valence-electron chi connectivity index (χ3n) is 4.42. The van der Waals surface area contributed by atoms with Gasteiger partial charge in [-0.1, -0.05) is 70.0 Å².